The van der Waals surface area contributed by atoms with E-state index in [0.717, 1.165) is 6.04 Å². The summed E-state index contributed by atoms with van der Waals surface area (Å²) < 4.78 is 0. The molecule has 1 saturated heterocycles. The number of likely N-dealkylation sites (tertiary alicyclic amines) is 1. The second-order valence-electron chi connectivity index (χ2n) is 6.32. The van der Waals surface area contributed by atoms with Gasteiger partial charge >= 0.3 is 0 Å². The molecule has 1 aliphatic heterocycles. The molecule has 2 atom stereocenters. The van der Waals surface area contributed by atoms with Gasteiger partial charge in [0.2, 0.25) is 0 Å². The fraction of sp³-hybridized carbons (Fsp3) is 1.00. The van der Waals surface area contributed by atoms with Gasteiger partial charge in [-0.25, -0.2) is 0 Å². The van der Waals surface area contributed by atoms with Crippen molar-refractivity contribution in [2.45, 2.75) is 77.3 Å². The van der Waals surface area contributed by atoms with Crippen molar-refractivity contribution in [3.63, 3.8) is 0 Å². The van der Waals surface area contributed by atoms with Gasteiger partial charge in [0.05, 0.1) is 0 Å². The highest BCUT2D eigenvalue weighted by Gasteiger charge is 2.34. The maximum Gasteiger partial charge on any atom is 0.0110 e. The number of piperidine rings is 1. The molecule has 17 heavy (non-hydrogen) atoms. The summed E-state index contributed by atoms with van der Waals surface area (Å²) >= 11 is 0. The number of hydrogen-bond donors (Lipinski definition) is 1. The van der Waals surface area contributed by atoms with Gasteiger partial charge in [-0.1, -0.05) is 33.1 Å². The summed E-state index contributed by atoms with van der Waals surface area (Å²) in [6.07, 6.45) is 10.8. The molecule has 0 spiro atoms. The summed E-state index contributed by atoms with van der Waals surface area (Å²) in [6, 6.07) is 1.27. The number of nitrogens with zero attached hydrogens (tertiary/aromatic N) is 1. The molecule has 0 bridgehead atoms. The Morgan fingerprint density at radius 3 is 2.29 bits per heavy atom. The van der Waals surface area contributed by atoms with Gasteiger partial charge in [0.25, 0.3) is 0 Å². The van der Waals surface area contributed by atoms with Crippen molar-refractivity contribution in [1.29, 1.82) is 0 Å². The van der Waals surface area contributed by atoms with Gasteiger partial charge in [-0.3, -0.25) is 0 Å². The van der Waals surface area contributed by atoms with Crippen molar-refractivity contribution in [3.8, 4) is 0 Å². The van der Waals surface area contributed by atoms with Crippen molar-refractivity contribution >= 4 is 0 Å². The zero-order chi connectivity index (χ0) is 12.3. The lowest BCUT2D eigenvalue weighted by atomic mass is 9.73. The van der Waals surface area contributed by atoms with Crippen molar-refractivity contribution in [2.75, 3.05) is 13.1 Å². The molecule has 1 heterocycles. The number of nitrogens with two attached hydrogens (primary N) is 1. The first-order chi connectivity index (χ1) is 8.19. The molecule has 2 aliphatic rings. The Hall–Kier alpha value is -0.0800. The van der Waals surface area contributed by atoms with E-state index in [4.69, 9.17) is 5.73 Å². The smallest absolute Gasteiger partial charge is 0.0110 e. The summed E-state index contributed by atoms with van der Waals surface area (Å²) in [4.78, 5) is 2.74. The SMILES string of the molecule is CCC1(CC)CCN(C2CCCC(N)C2)CC1. The maximum absolute atomic E-state index is 6.11. The van der Waals surface area contributed by atoms with Gasteiger partial charge in [0.15, 0.2) is 0 Å². The van der Waals surface area contributed by atoms with E-state index in [2.05, 4.69) is 18.7 Å². The predicted molar refractivity (Wildman–Crippen MR) is 74.1 cm³/mol. The normalized spacial score (nSPS) is 34.8. The van der Waals surface area contributed by atoms with Gasteiger partial charge in [-0.2, -0.15) is 0 Å². The van der Waals surface area contributed by atoms with Crippen LogP contribution in [-0.4, -0.2) is 30.1 Å². The van der Waals surface area contributed by atoms with E-state index in [1.165, 1.54) is 64.5 Å². The Labute approximate surface area is 107 Å². The average molecular weight is 238 g/mol. The van der Waals surface area contributed by atoms with Crippen LogP contribution in [0.15, 0.2) is 0 Å². The van der Waals surface area contributed by atoms with E-state index in [0.29, 0.717) is 11.5 Å². The van der Waals surface area contributed by atoms with Gasteiger partial charge in [-0.15, -0.1) is 0 Å². The molecular weight excluding hydrogens is 208 g/mol. The summed E-state index contributed by atoms with van der Waals surface area (Å²) in [5.74, 6) is 0. The minimum Gasteiger partial charge on any atom is -0.328 e. The second kappa shape index (κ2) is 5.71. The van der Waals surface area contributed by atoms with Crippen molar-refractivity contribution in [3.05, 3.63) is 0 Å². The zero-order valence-electron chi connectivity index (χ0n) is 11.8. The summed E-state index contributed by atoms with van der Waals surface area (Å²) in [7, 11) is 0. The quantitative estimate of drug-likeness (QED) is 0.818. The van der Waals surface area contributed by atoms with E-state index in [1.54, 1.807) is 0 Å². The maximum atomic E-state index is 6.11. The van der Waals surface area contributed by atoms with Crippen molar-refractivity contribution in [2.24, 2.45) is 11.1 Å². The van der Waals surface area contributed by atoms with Crippen LogP contribution in [0.2, 0.25) is 0 Å². The molecule has 0 aromatic heterocycles. The van der Waals surface area contributed by atoms with Crippen molar-refractivity contribution < 1.29 is 0 Å². The molecule has 0 radical (unpaired) electrons. The van der Waals surface area contributed by atoms with E-state index in [1.807, 2.05) is 0 Å². The molecule has 0 amide bonds. The van der Waals surface area contributed by atoms with Crippen LogP contribution in [0.5, 0.6) is 0 Å². The van der Waals surface area contributed by atoms with Gasteiger partial charge in [0.1, 0.15) is 0 Å². The highest BCUT2D eigenvalue weighted by atomic mass is 15.2. The Bertz CT molecular complexity index is 225. The Morgan fingerprint density at radius 1 is 1.12 bits per heavy atom. The predicted octanol–water partition coefficient (Wildman–Crippen LogP) is 3.16. The second-order valence-corrected chi connectivity index (χ2v) is 6.32. The summed E-state index contributed by atoms with van der Waals surface area (Å²) in [5, 5.41) is 0. The first-order valence-corrected chi connectivity index (χ1v) is 7.69. The highest BCUT2D eigenvalue weighted by Crippen LogP contribution is 2.39. The van der Waals surface area contributed by atoms with Gasteiger partial charge < -0.3 is 10.6 Å². The largest absolute Gasteiger partial charge is 0.328 e. The molecule has 2 unspecified atom stereocenters. The molecule has 100 valence electrons. The van der Waals surface area contributed by atoms with E-state index < -0.39 is 0 Å². The van der Waals surface area contributed by atoms with Crippen LogP contribution in [0.25, 0.3) is 0 Å². The lowest BCUT2D eigenvalue weighted by molar-refractivity contribution is 0.0504. The molecule has 2 fully saturated rings. The monoisotopic (exact) mass is 238 g/mol. The van der Waals surface area contributed by atoms with Crippen LogP contribution in [0, 0.1) is 5.41 Å². The van der Waals surface area contributed by atoms with Crippen LogP contribution in [0.3, 0.4) is 0 Å². The molecular formula is C15H30N2. The molecule has 2 heteroatoms. The molecule has 0 aromatic carbocycles. The third-order valence-corrected chi connectivity index (χ3v) is 5.56. The zero-order valence-corrected chi connectivity index (χ0v) is 11.8. The molecule has 1 saturated carbocycles. The third-order valence-electron chi connectivity index (χ3n) is 5.56. The highest BCUT2D eigenvalue weighted by molar-refractivity contribution is 4.89. The van der Waals surface area contributed by atoms with Crippen LogP contribution < -0.4 is 5.73 Å². The van der Waals surface area contributed by atoms with Crippen LogP contribution in [0.4, 0.5) is 0 Å². The number of rotatable bonds is 3. The molecule has 2 nitrogen and oxygen atoms in total. The van der Waals surface area contributed by atoms with Crippen LogP contribution >= 0.6 is 0 Å². The first-order valence-electron chi connectivity index (χ1n) is 7.69. The lowest BCUT2D eigenvalue weighted by Crippen LogP contribution is -2.48. The molecule has 2 N–H and O–H groups in total. The minimum atomic E-state index is 0.470. The lowest BCUT2D eigenvalue weighted by Gasteiger charge is -2.45. The fourth-order valence-corrected chi connectivity index (χ4v) is 3.85. The summed E-state index contributed by atoms with van der Waals surface area (Å²) in [6.45, 7) is 7.38. The third kappa shape index (κ3) is 3.03. The summed E-state index contributed by atoms with van der Waals surface area (Å²) in [5.41, 5.74) is 6.77. The molecule has 2 rings (SSSR count). The van der Waals surface area contributed by atoms with Gasteiger partial charge in [-0.05, 0) is 50.6 Å². The van der Waals surface area contributed by atoms with Crippen molar-refractivity contribution in [1.82, 2.24) is 4.90 Å². The van der Waals surface area contributed by atoms with Crippen LogP contribution in [0.1, 0.15) is 65.2 Å². The Morgan fingerprint density at radius 2 is 1.76 bits per heavy atom. The standard InChI is InChI=1S/C15H30N2/c1-3-15(4-2)8-10-17(11-9-15)14-7-5-6-13(16)12-14/h13-14H,3-12,16H2,1-2H3. The number of hydrogen-bond acceptors (Lipinski definition) is 2. The topological polar surface area (TPSA) is 29.3 Å². The van der Waals surface area contributed by atoms with E-state index in [-0.39, 0.29) is 0 Å². The fourth-order valence-electron chi connectivity index (χ4n) is 3.85. The Kier molecular flexibility index (Phi) is 4.48. The van der Waals surface area contributed by atoms with Crippen LogP contribution in [-0.2, 0) is 0 Å². The first kappa shape index (κ1) is 13.4. The molecule has 0 aromatic rings. The van der Waals surface area contributed by atoms with Gasteiger partial charge in [0, 0.05) is 12.1 Å². The van der Waals surface area contributed by atoms with E-state index >= 15 is 0 Å². The van der Waals surface area contributed by atoms with E-state index in [9.17, 15) is 0 Å². The Balaban J connectivity index is 1.86. The minimum absolute atomic E-state index is 0.470. The molecule has 1 aliphatic carbocycles. The average Bonchev–Trinajstić information content (AvgIpc) is 2.39.